The Morgan fingerprint density at radius 2 is 2.12 bits per heavy atom. The van der Waals surface area contributed by atoms with Crippen LogP contribution in [0.15, 0.2) is 29.9 Å². The number of hydrogen-bond donors (Lipinski definition) is 1. The van der Waals surface area contributed by atoms with Crippen LogP contribution in [-0.4, -0.2) is 12.0 Å². The number of aryl methyl sites for hydroxylation is 2. The lowest BCUT2D eigenvalue weighted by Gasteiger charge is -2.16. The molecule has 84 valence electrons. The predicted molar refractivity (Wildman–Crippen MR) is 68.9 cm³/mol. The van der Waals surface area contributed by atoms with E-state index in [2.05, 4.69) is 41.7 Å². The normalized spacial score (nSPS) is 12.7. The van der Waals surface area contributed by atoms with Crippen molar-refractivity contribution in [3.8, 4) is 0 Å². The van der Waals surface area contributed by atoms with Crippen molar-refractivity contribution in [3.05, 3.63) is 51.5 Å². The molecule has 2 aromatic rings. The molecule has 1 unspecified atom stereocenters. The maximum absolute atomic E-state index is 4.26. The zero-order chi connectivity index (χ0) is 11.5. The van der Waals surface area contributed by atoms with Crippen LogP contribution in [0.1, 0.15) is 27.6 Å². The van der Waals surface area contributed by atoms with Gasteiger partial charge in [0, 0.05) is 17.3 Å². The molecule has 0 spiro atoms. The van der Waals surface area contributed by atoms with E-state index in [9.17, 15) is 0 Å². The minimum atomic E-state index is 0.249. The van der Waals surface area contributed by atoms with E-state index in [1.807, 2.05) is 19.4 Å². The fourth-order valence-corrected chi connectivity index (χ4v) is 2.67. The Hall–Kier alpha value is -1.19. The minimum Gasteiger partial charge on any atom is -0.309 e. The molecule has 0 bridgehead atoms. The molecule has 0 saturated carbocycles. The molecular weight excluding hydrogens is 216 g/mol. The summed E-state index contributed by atoms with van der Waals surface area (Å²) in [5.74, 6) is 0. The van der Waals surface area contributed by atoms with E-state index in [1.165, 1.54) is 21.6 Å². The molecule has 0 saturated heterocycles. The largest absolute Gasteiger partial charge is 0.309 e. The van der Waals surface area contributed by atoms with Gasteiger partial charge in [-0.2, -0.15) is 0 Å². The van der Waals surface area contributed by atoms with Gasteiger partial charge in [0.2, 0.25) is 0 Å². The first-order valence-electron chi connectivity index (χ1n) is 5.35. The standard InChI is InChI=1S/C13H16N2S/c1-9-6-11(8-15-7-9)13(14-3)12-4-5-16-10(12)2/h4-8,13-14H,1-3H3. The van der Waals surface area contributed by atoms with Crippen LogP contribution < -0.4 is 5.32 Å². The third-order valence-electron chi connectivity index (χ3n) is 2.73. The van der Waals surface area contributed by atoms with E-state index >= 15 is 0 Å². The summed E-state index contributed by atoms with van der Waals surface area (Å²) in [5.41, 5.74) is 3.77. The lowest BCUT2D eigenvalue weighted by molar-refractivity contribution is 0.687. The zero-order valence-corrected chi connectivity index (χ0v) is 10.6. The van der Waals surface area contributed by atoms with E-state index in [0.717, 1.165) is 0 Å². The maximum Gasteiger partial charge on any atom is 0.0600 e. The van der Waals surface area contributed by atoms with Crippen molar-refractivity contribution < 1.29 is 0 Å². The second-order valence-electron chi connectivity index (χ2n) is 3.95. The highest BCUT2D eigenvalue weighted by Crippen LogP contribution is 2.27. The molecule has 16 heavy (non-hydrogen) atoms. The van der Waals surface area contributed by atoms with Crippen LogP contribution in [-0.2, 0) is 0 Å². The molecule has 0 radical (unpaired) electrons. The predicted octanol–water partition coefficient (Wildman–Crippen LogP) is 3.07. The van der Waals surface area contributed by atoms with Gasteiger partial charge in [-0.15, -0.1) is 11.3 Å². The molecule has 3 heteroatoms. The molecule has 1 N–H and O–H groups in total. The van der Waals surface area contributed by atoms with Gasteiger partial charge in [-0.25, -0.2) is 0 Å². The molecule has 0 aliphatic heterocycles. The van der Waals surface area contributed by atoms with E-state index in [0.29, 0.717) is 0 Å². The fourth-order valence-electron chi connectivity index (χ4n) is 1.93. The van der Waals surface area contributed by atoms with Gasteiger partial charge < -0.3 is 5.32 Å². The Bertz CT molecular complexity index is 476. The first-order chi connectivity index (χ1) is 7.72. The van der Waals surface area contributed by atoms with Crippen molar-refractivity contribution in [2.24, 2.45) is 0 Å². The fraction of sp³-hybridized carbons (Fsp3) is 0.308. The van der Waals surface area contributed by atoms with Crippen LogP contribution in [0, 0.1) is 13.8 Å². The molecule has 2 heterocycles. The van der Waals surface area contributed by atoms with E-state index in [4.69, 9.17) is 0 Å². The smallest absolute Gasteiger partial charge is 0.0600 e. The Balaban J connectivity index is 2.40. The van der Waals surface area contributed by atoms with Crippen molar-refractivity contribution in [1.82, 2.24) is 10.3 Å². The molecule has 2 rings (SSSR count). The molecular formula is C13H16N2S. The third kappa shape index (κ3) is 2.15. The topological polar surface area (TPSA) is 24.9 Å². The van der Waals surface area contributed by atoms with Crippen LogP contribution >= 0.6 is 11.3 Å². The maximum atomic E-state index is 4.26. The zero-order valence-electron chi connectivity index (χ0n) is 9.82. The lowest BCUT2D eigenvalue weighted by atomic mass is 10.0. The number of rotatable bonds is 3. The number of nitrogens with zero attached hydrogens (tertiary/aromatic N) is 1. The molecule has 0 aromatic carbocycles. The Morgan fingerprint density at radius 3 is 2.69 bits per heavy atom. The lowest BCUT2D eigenvalue weighted by Crippen LogP contribution is -2.18. The average molecular weight is 232 g/mol. The SMILES string of the molecule is CNC(c1cncc(C)c1)c1ccsc1C. The summed E-state index contributed by atoms with van der Waals surface area (Å²) in [6.07, 6.45) is 3.82. The molecule has 0 aliphatic carbocycles. The number of pyridine rings is 1. The van der Waals surface area contributed by atoms with Gasteiger partial charge in [-0.1, -0.05) is 6.07 Å². The van der Waals surface area contributed by atoms with Crippen LogP contribution in [0.4, 0.5) is 0 Å². The summed E-state index contributed by atoms with van der Waals surface area (Å²) >= 11 is 1.79. The monoisotopic (exact) mass is 232 g/mol. The van der Waals surface area contributed by atoms with Crippen LogP contribution in [0.5, 0.6) is 0 Å². The third-order valence-corrected chi connectivity index (χ3v) is 3.59. The van der Waals surface area contributed by atoms with Gasteiger partial charge in [0.1, 0.15) is 0 Å². The number of thiophene rings is 1. The second kappa shape index (κ2) is 4.76. The summed E-state index contributed by atoms with van der Waals surface area (Å²) in [5, 5.41) is 5.49. The van der Waals surface area contributed by atoms with Gasteiger partial charge in [-0.3, -0.25) is 4.98 Å². The molecule has 0 fully saturated rings. The summed E-state index contributed by atoms with van der Waals surface area (Å²) in [7, 11) is 1.99. The first-order valence-corrected chi connectivity index (χ1v) is 6.23. The summed E-state index contributed by atoms with van der Waals surface area (Å²) < 4.78 is 0. The number of aromatic nitrogens is 1. The Kier molecular flexibility index (Phi) is 3.36. The van der Waals surface area contributed by atoms with E-state index in [1.54, 1.807) is 11.3 Å². The van der Waals surface area contributed by atoms with E-state index < -0.39 is 0 Å². The highest BCUT2D eigenvalue weighted by molar-refractivity contribution is 7.10. The van der Waals surface area contributed by atoms with Crippen LogP contribution in [0.3, 0.4) is 0 Å². The Morgan fingerprint density at radius 1 is 1.31 bits per heavy atom. The van der Waals surface area contributed by atoms with Gasteiger partial charge in [0.05, 0.1) is 6.04 Å². The Labute approximate surface area is 100 Å². The molecule has 0 amide bonds. The van der Waals surface area contributed by atoms with E-state index in [-0.39, 0.29) is 6.04 Å². The van der Waals surface area contributed by atoms with Crippen molar-refractivity contribution in [2.75, 3.05) is 7.05 Å². The van der Waals surface area contributed by atoms with Crippen LogP contribution in [0.25, 0.3) is 0 Å². The number of hydrogen-bond acceptors (Lipinski definition) is 3. The molecule has 1 atom stereocenters. The molecule has 0 aliphatic rings. The molecule has 2 aromatic heterocycles. The van der Waals surface area contributed by atoms with Gasteiger partial charge in [-0.05, 0) is 49.0 Å². The summed E-state index contributed by atoms with van der Waals surface area (Å²) in [4.78, 5) is 5.62. The molecule has 2 nitrogen and oxygen atoms in total. The highest BCUT2D eigenvalue weighted by atomic mass is 32.1. The van der Waals surface area contributed by atoms with Crippen LogP contribution in [0.2, 0.25) is 0 Å². The van der Waals surface area contributed by atoms with Crippen molar-refractivity contribution >= 4 is 11.3 Å². The van der Waals surface area contributed by atoms with Crippen molar-refractivity contribution in [1.29, 1.82) is 0 Å². The second-order valence-corrected chi connectivity index (χ2v) is 5.07. The average Bonchev–Trinajstić information content (AvgIpc) is 2.67. The first kappa shape index (κ1) is 11.3. The van der Waals surface area contributed by atoms with Crippen molar-refractivity contribution in [3.63, 3.8) is 0 Å². The number of nitrogens with one attached hydrogen (secondary N) is 1. The summed E-state index contributed by atoms with van der Waals surface area (Å²) in [6, 6.07) is 4.62. The summed E-state index contributed by atoms with van der Waals surface area (Å²) in [6.45, 7) is 4.23. The van der Waals surface area contributed by atoms with Crippen molar-refractivity contribution in [2.45, 2.75) is 19.9 Å². The highest BCUT2D eigenvalue weighted by Gasteiger charge is 2.15. The van der Waals surface area contributed by atoms with Gasteiger partial charge in [0.15, 0.2) is 0 Å². The minimum absolute atomic E-state index is 0.249. The van der Waals surface area contributed by atoms with Gasteiger partial charge >= 0.3 is 0 Å². The van der Waals surface area contributed by atoms with Gasteiger partial charge in [0.25, 0.3) is 0 Å². The quantitative estimate of drug-likeness (QED) is 0.879.